The predicted octanol–water partition coefficient (Wildman–Crippen LogP) is 1.72. The number of carbonyl (C=O) groups excluding carboxylic acids is 1. The minimum Gasteiger partial charge on any atom is -0.352 e. The molecule has 0 aliphatic carbocycles. The number of nitrogens with one attached hydrogen (secondary N) is 1. The number of benzene rings is 1. The van der Waals surface area contributed by atoms with Crippen LogP contribution in [0.1, 0.15) is 23.2 Å². The highest BCUT2D eigenvalue weighted by Crippen LogP contribution is 1.97. The van der Waals surface area contributed by atoms with E-state index in [0.717, 1.165) is 0 Å². The quantitative estimate of drug-likeness (QED) is 0.731. The molecule has 0 radical (unpaired) electrons. The standard InChI is InChI=1S/C11H12N2O/c12-8-4-5-9-13-11(14)10-6-2-1-3-7-10/h1-3,6-7H,4-5,9H2,(H,13,14). The minimum absolute atomic E-state index is 0.0801. The zero-order valence-corrected chi connectivity index (χ0v) is 7.86. The van der Waals surface area contributed by atoms with Gasteiger partial charge in [0.1, 0.15) is 0 Å². The molecule has 3 heteroatoms. The molecule has 0 saturated carbocycles. The van der Waals surface area contributed by atoms with E-state index in [1.165, 1.54) is 0 Å². The zero-order valence-electron chi connectivity index (χ0n) is 7.86. The van der Waals surface area contributed by atoms with Crippen LogP contribution in [-0.4, -0.2) is 12.5 Å². The molecule has 0 bridgehead atoms. The lowest BCUT2D eigenvalue weighted by molar-refractivity contribution is 0.0953. The van der Waals surface area contributed by atoms with E-state index in [4.69, 9.17) is 5.26 Å². The van der Waals surface area contributed by atoms with Crippen LogP contribution in [0, 0.1) is 11.3 Å². The summed E-state index contributed by atoms with van der Waals surface area (Å²) < 4.78 is 0. The van der Waals surface area contributed by atoms with E-state index in [0.29, 0.717) is 24.9 Å². The van der Waals surface area contributed by atoms with Crippen molar-refractivity contribution >= 4 is 5.91 Å². The molecule has 0 spiro atoms. The van der Waals surface area contributed by atoms with Crippen LogP contribution in [0.15, 0.2) is 30.3 Å². The van der Waals surface area contributed by atoms with Crippen LogP contribution in [0.25, 0.3) is 0 Å². The summed E-state index contributed by atoms with van der Waals surface area (Å²) in [5.74, 6) is -0.0801. The molecule has 14 heavy (non-hydrogen) atoms. The number of hydrogen-bond donors (Lipinski definition) is 1. The fourth-order valence-electron chi connectivity index (χ4n) is 1.06. The normalized spacial score (nSPS) is 9.07. The van der Waals surface area contributed by atoms with Gasteiger partial charge in [-0.15, -0.1) is 0 Å². The molecule has 1 aromatic carbocycles. The number of hydrogen-bond acceptors (Lipinski definition) is 2. The van der Waals surface area contributed by atoms with Crippen LogP contribution in [0.3, 0.4) is 0 Å². The second kappa shape index (κ2) is 5.76. The second-order valence-electron chi connectivity index (χ2n) is 2.88. The molecule has 0 saturated heterocycles. The maximum atomic E-state index is 11.4. The van der Waals surface area contributed by atoms with Crippen molar-refractivity contribution in [2.24, 2.45) is 0 Å². The Balaban J connectivity index is 2.33. The van der Waals surface area contributed by atoms with Crippen molar-refractivity contribution in [3.63, 3.8) is 0 Å². The summed E-state index contributed by atoms with van der Waals surface area (Å²) in [4.78, 5) is 11.4. The summed E-state index contributed by atoms with van der Waals surface area (Å²) in [6, 6.07) is 11.1. The van der Waals surface area contributed by atoms with Crippen molar-refractivity contribution in [3.05, 3.63) is 35.9 Å². The van der Waals surface area contributed by atoms with Crippen LogP contribution in [0.5, 0.6) is 0 Å². The highest BCUT2D eigenvalue weighted by molar-refractivity contribution is 5.94. The lowest BCUT2D eigenvalue weighted by atomic mass is 10.2. The smallest absolute Gasteiger partial charge is 0.251 e. The van der Waals surface area contributed by atoms with Crippen molar-refractivity contribution < 1.29 is 4.79 Å². The second-order valence-corrected chi connectivity index (χ2v) is 2.88. The van der Waals surface area contributed by atoms with Gasteiger partial charge in [-0.3, -0.25) is 4.79 Å². The maximum absolute atomic E-state index is 11.4. The molecule has 0 unspecified atom stereocenters. The van der Waals surface area contributed by atoms with Crippen molar-refractivity contribution in [1.29, 1.82) is 5.26 Å². The molecule has 72 valence electrons. The van der Waals surface area contributed by atoms with Crippen molar-refractivity contribution in [2.75, 3.05) is 6.54 Å². The molecule has 0 aliphatic rings. The topological polar surface area (TPSA) is 52.9 Å². The third-order valence-electron chi connectivity index (χ3n) is 1.79. The maximum Gasteiger partial charge on any atom is 0.251 e. The van der Waals surface area contributed by atoms with Gasteiger partial charge in [0.05, 0.1) is 6.07 Å². The number of unbranched alkanes of at least 4 members (excludes halogenated alkanes) is 1. The van der Waals surface area contributed by atoms with Gasteiger partial charge in [0, 0.05) is 18.5 Å². The van der Waals surface area contributed by atoms with Crippen molar-refractivity contribution in [1.82, 2.24) is 5.32 Å². The average molecular weight is 188 g/mol. The first-order valence-corrected chi connectivity index (χ1v) is 4.55. The van der Waals surface area contributed by atoms with Crippen molar-refractivity contribution in [3.8, 4) is 6.07 Å². The first-order chi connectivity index (χ1) is 6.84. The molecule has 0 fully saturated rings. The molecule has 1 aromatic rings. The first kappa shape index (κ1) is 10.3. The van der Waals surface area contributed by atoms with Gasteiger partial charge in [-0.25, -0.2) is 0 Å². The van der Waals surface area contributed by atoms with Crippen LogP contribution in [-0.2, 0) is 0 Å². The van der Waals surface area contributed by atoms with Crippen LogP contribution in [0.4, 0.5) is 0 Å². The largest absolute Gasteiger partial charge is 0.352 e. The van der Waals surface area contributed by atoms with E-state index in [2.05, 4.69) is 5.32 Å². The summed E-state index contributed by atoms with van der Waals surface area (Å²) in [5, 5.41) is 11.0. The molecule has 0 aliphatic heterocycles. The first-order valence-electron chi connectivity index (χ1n) is 4.55. The monoisotopic (exact) mass is 188 g/mol. The SMILES string of the molecule is N#CCCCNC(=O)c1ccccc1. The van der Waals surface area contributed by atoms with Gasteiger partial charge in [-0.05, 0) is 18.6 Å². The number of nitriles is 1. The molecule has 1 N–H and O–H groups in total. The van der Waals surface area contributed by atoms with Crippen LogP contribution >= 0.6 is 0 Å². The van der Waals surface area contributed by atoms with E-state index in [-0.39, 0.29) is 5.91 Å². The third-order valence-corrected chi connectivity index (χ3v) is 1.79. The Bertz CT molecular complexity index is 327. The molecular weight excluding hydrogens is 176 g/mol. The lowest BCUT2D eigenvalue weighted by Crippen LogP contribution is -2.24. The van der Waals surface area contributed by atoms with E-state index < -0.39 is 0 Å². The molecular formula is C11H12N2O. The molecule has 0 heterocycles. The minimum atomic E-state index is -0.0801. The summed E-state index contributed by atoms with van der Waals surface area (Å²) in [5.41, 5.74) is 0.657. The Hall–Kier alpha value is -1.82. The van der Waals surface area contributed by atoms with Gasteiger partial charge in [0.25, 0.3) is 5.91 Å². The van der Waals surface area contributed by atoms with Gasteiger partial charge >= 0.3 is 0 Å². The Morgan fingerprint density at radius 3 is 2.71 bits per heavy atom. The molecule has 0 atom stereocenters. The summed E-state index contributed by atoms with van der Waals surface area (Å²) >= 11 is 0. The summed E-state index contributed by atoms with van der Waals surface area (Å²) in [6.07, 6.45) is 1.18. The molecule has 1 rings (SSSR count). The summed E-state index contributed by atoms with van der Waals surface area (Å²) in [6.45, 7) is 0.557. The van der Waals surface area contributed by atoms with Gasteiger partial charge in [-0.2, -0.15) is 5.26 Å². The summed E-state index contributed by atoms with van der Waals surface area (Å²) in [7, 11) is 0. The third kappa shape index (κ3) is 3.28. The van der Waals surface area contributed by atoms with Gasteiger partial charge < -0.3 is 5.32 Å². The fraction of sp³-hybridized carbons (Fsp3) is 0.273. The highest BCUT2D eigenvalue weighted by atomic mass is 16.1. The Labute approximate surface area is 83.4 Å². The number of nitrogens with zero attached hydrogens (tertiary/aromatic N) is 1. The molecule has 1 amide bonds. The van der Waals surface area contributed by atoms with Gasteiger partial charge in [0.15, 0.2) is 0 Å². The lowest BCUT2D eigenvalue weighted by Gasteiger charge is -2.02. The van der Waals surface area contributed by atoms with Crippen LogP contribution in [0.2, 0.25) is 0 Å². The van der Waals surface area contributed by atoms with E-state index >= 15 is 0 Å². The average Bonchev–Trinajstić information content (AvgIpc) is 2.25. The number of amides is 1. The van der Waals surface area contributed by atoms with Gasteiger partial charge in [0.2, 0.25) is 0 Å². The predicted molar refractivity (Wildman–Crippen MR) is 53.6 cm³/mol. The van der Waals surface area contributed by atoms with E-state index in [1.807, 2.05) is 24.3 Å². The Morgan fingerprint density at radius 1 is 1.36 bits per heavy atom. The van der Waals surface area contributed by atoms with E-state index in [1.54, 1.807) is 12.1 Å². The van der Waals surface area contributed by atoms with Gasteiger partial charge in [-0.1, -0.05) is 18.2 Å². The van der Waals surface area contributed by atoms with Crippen LogP contribution < -0.4 is 5.32 Å². The molecule has 3 nitrogen and oxygen atoms in total. The molecule has 0 aromatic heterocycles. The fourth-order valence-corrected chi connectivity index (χ4v) is 1.06. The number of carbonyl (C=O) groups is 1. The number of rotatable bonds is 4. The van der Waals surface area contributed by atoms with Crippen molar-refractivity contribution in [2.45, 2.75) is 12.8 Å². The Kier molecular flexibility index (Phi) is 4.22. The highest BCUT2D eigenvalue weighted by Gasteiger charge is 2.01. The Morgan fingerprint density at radius 2 is 2.07 bits per heavy atom. The zero-order chi connectivity index (χ0) is 10.2. The van der Waals surface area contributed by atoms with E-state index in [9.17, 15) is 4.79 Å².